The average Bonchev–Trinajstić information content (AvgIpc) is 1.93. The number of allylic oxidation sites excluding steroid dienone is 4. The standard InChI is InChI=1S/C6H4B2N2/c7-3-1-2-4(8)6(10)5(3)9/h1-2,9-10H. The van der Waals surface area contributed by atoms with Gasteiger partial charge in [-0.25, -0.2) is 0 Å². The smallest absolute Gasteiger partial charge is 0.116 e. The Morgan fingerprint density at radius 3 is 1.50 bits per heavy atom. The highest BCUT2D eigenvalue weighted by Crippen LogP contribution is 2.06. The molecule has 4 radical (unpaired) electrons. The number of rotatable bonds is 0. The van der Waals surface area contributed by atoms with Crippen LogP contribution >= 0.6 is 0 Å². The molecule has 0 amide bonds. The minimum atomic E-state index is 0.000000000000000222. The van der Waals surface area contributed by atoms with Crippen molar-refractivity contribution in [2.24, 2.45) is 0 Å². The van der Waals surface area contributed by atoms with Gasteiger partial charge in [-0.2, -0.15) is 0 Å². The van der Waals surface area contributed by atoms with Crippen LogP contribution in [-0.2, 0) is 0 Å². The maximum atomic E-state index is 7.19. The molecular formula is C6H4B2N2. The molecule has 0 unspecified atom stereocenters. The van der Waals surface area contributed by atoms with Crippen LogP contribution in [0.4, 0.5) is 0 Å². The lowest BCUT2D eigenvalue weighted by Crippen LogP contribution is -2.20. The van der Waals surface area contributed by atoms with Gasteiger partial charge in [-0.3, -0.25) is 10.8 Å². The van der Waals surface area contributed by atoms with Crippen molar-refractivity contribution in [1.82, 2.24) is 0 Å². The molecule has 1 rings (SSSR count). The van der Waals surface area contributed by atoms with Crippen molar-refractivity contribution >= 4 is 27.1 Å². The molecule has 0 heterocycles. The monoisotopic (exact) mass is 126 g/mol. The van der Waals surface area contributed by atoms with Crippen LogP contribution in [0.5, 0.6) is 0 Å². The van der Waals surface area contributed by atoms with Crippen molar-refractivity contribution in [3.05, 3.63) is 23.1 Å². The van der Waals surface area contributed by atoms with Gasteiger partial charge in [0.05, 0.1) is 11.4 Å². The van der Waals surface area contributed by atoms with Gasteiger partial charge in [-0.05, 0) is 0 Å². The normalized spacial score (nSPS) is 18.4. The number of nitrogens with one attached hydrogen (secondary N) is 2. The third-order valence-corrected chi connectivity index (χ3v) is 1.27. The maximum Gasteiger partial charge on any atom is 0.116 e. The maximum absolute atomic E-state index is 7.19. The second-order valence-corrected chi connectivity index (χ2v) is 1.99. The number of hydrogen-bond donors (Lipinski definition) is 2. The largest absolute Gasteiger partial charge is 0.299 e. The molecule has 0 saturated heterocycles. The summed E-state index contributed by atoms with van der Waals surface area (Å²) in [5.41, 5.74) is 0.582. The molecule has 2 N–H and O–H groups in total. The van der Waals surface area contributed by atoms with Gasteiger partial charge >= 0.3 is 0 Å². The fourth-order valence-electron chi connectivity index (χ4n) is 0.635. The van der Waals surface area contributed by atoms with E-state index in [1.807, 2.05) is 0 Å². The topological polar surface area (TPSA) is 47.7 Å². The van der Waals surface area contributed by atoms with Crippen molar-refractivity contribution in [3.8, 4) is 0 Å². The predicted octanol–water partition coefficient (Wildman–Crippen LogP) is 0.144. The molecule has 0 aromatic heterocycles. The minimum Gasteiger partial charge on any atom is -0.299 e. The van der Waals surface area contributed by atoms with E-state index in [1.165, 1.54) is 12.2 Å². The van der Waals surface area contributed by atoms with Gasteiger partial charge in [0, 0.05) is 0 Å². The van der Waals surface area contributed by atoms with Crippen LogP contribution in [0.1, 0.15) is 0 Å². The van der Waals surface area contributed by atoms with E-state index in [2.05, 4.69) is 0 Å². The van der Waals surface area contributed by atoms with Crippen LogP contribution in [0.2, 0.25) is 0 Å². The van der Waals surface area contributed by atoms with Gasteiger partial charge in [0.15, 0.2) is 0 Å². The quantitative estimate of drug-likeness (QED) is 0.342. The molecule has 4 heteroatoms. The van der Waals surface area contributed by atoms with Crippen molar-refractivity contribution in [2.75, 3.05) is 0 Å². The zero-order valence-corrected chi connectivity index (χ0v) is 5.31. The second-order valence-electron chi connectivity index (χ2n) is 1.99. The van der Waals surface area contributed by atoms with Crippen LogP contribution < -0.4 is 0 Å². The molecule has 1 aliphatic carbocycles. The van der Waals surface area contributed by atoms with Crippen LogP contribution in [0.15, 0.2) is 23.1 Å². The number of hydrogen-bond acceptors (Lipinski definition) is 2. The first-order chi connectivity index (χ1) is 4.63. The highest BCUT2D eigenvalue weighted by atomic mass is 14.5. The van der Waals surface area contributed by atoms with Gasteiger partial charge in [-0.1, -0.05) is 23.1 Å². The molecular weight excluding hydrogens is 122 g/mol. The Hall–Kier alpha value is -1.05. The average molecular weight is 126 g/mol. The highest BCUT2D eigenvalue weighted by Gasteiger charge is 2.10. The molecule has 0 aromatic carbocycles. The fraction of sp³-hybridized carbons (Fsp3) is 0. The molecule has 0 bridgehead atoms. The first kappa shape index (κ1) is 7.06. The van der Waals surface area contributed by atoms with Gasteiger partial charge < -0.3 is 0 Å². The first-order valence-corrected chi connectivity index (χ1v) is 2.74. The molecule has 0 spiro atoms. The summed E-state index contributed by atoms with van der Waals surface area (Å²) in [6, 6.07) is 0. The summed E-state index contributed by atoms with van der Waals surface area (Å²) in [5.74, 6) is 0. The van der Waals surface area contributed by atoms with E-state index in [-0.39, 0.29) is 11.4 Å². The minimum absolute atomic E-state index is 0.000000000000000222. The van der Waals surface area contributed by atoms with E-state index >= 15 is 0 Å². The van der Waals surface area contributed by atoms with E-state index in [9.17, 15) is 0 Å². The zero-order chi connectivity index (χ0) is 7.72. The summed E-state index contributed by atoms with van der Waals surface area (Å²) in [7, 11) is 10.7. The molecule has 0 atom stereocenters. The van der Waals surface area contributed by atoms with Crippen molar-refractivity contribution in [3.63, 3.8) is 0 Å². The lowest BCUT2D eigenvalue weighted by molar-refractivity contribution is 1.48. The SMILES string of the molecule is [B]C1=CC=C([B])C(=N)C1=N. The van der Waals surface area contributed by atoms with Crippen LogP contribution in [0.3, 0.4) is 0 Å². The van der Waals surface area contributed by atoms with Gasteiger partial charge in [0.2, 0.25) is 0 Å². The van der Waals surface area contributed by atoms with E-state index < -0.39 is 0 Å². The molecule has 0 aliphatic heterocycles. The lowest BCUT2D eigenvalue weighted by atomic mass is 9.77. The Morgan fingerprint density at radius 2 is 1.20 bits per heavy atom. The lowest BCUT2D eigenvalue weighted by Gasteiger charge is -2.11. The Balaban J connectivity index is 3.09. The summed E-state index contributed by atoms with van der Waals surface area (Å²) >= 11 is 0. The first-order valence-electron chi connectivity index (χ1n) is 2.74. The summed E-state index contributed by atoms with van der Waals surface area (Å²) in [6.07, 6.45) is 3.05. The van der Waals surface area contributed by atoms with Gasteiger partial charge in [0.1, 0.15) is 15.7 Å². The molecule has 2 nitrogen and oxygen atoms in total. The van der Waals surface area contributed by atoms with Crippen molar-refractivity contribution in [1.29, 1.82) is 10.8 Å². The van der Waals surface area contributed by atoms with Crippen LogP contribution in [0.25, 0.3) is 0 Å². The van der Waals surface area contributed by atoms with E-state index in [4.69, 9.17) is 26.5 Å². The van der Waals surface area contributed by atoms with Gasteiger partial charge in [-0.15, -0.1) is 0 Å². The third kappa shape index (κ3) is 0.967. The molecule has 0 saturated carbocycles. The third-order valence-electron chi connectivity index (χ3n) is 1.27. The summed E-state index contributed by atoms with van der Waals surface area (Å²) in [6.45, 7) is 0. The molecule has 0 aromatic rings. The van der Waals surface area contributed by atoms with Crippen LogP contribution in [0, 0.1) is 10.8 Å². The Bertz CT molecular complexity index is 227. The predicted molar refractivity (Wildman–Crippen MR) is 43.1 cm³/mol. The molecule has 44 valence electrons. The van der Waals surface area contributed by atoms with Crippen molar-refractivity contribution < 1.29 is 0 Å². The summed E-state index contributed by atoms with van der Waals surface area (Å²) < 4.78 is 0. The highest BCUT2D eigenvalue weighted by molar-refractivity contribution is 6.67. The summed E-state index contributed by atoms with van der Waals surface area (Å²) in [5, 5.41) is 14.4. The van der Waals surface area contributed by atoms with Gasteiger partial charge in [0.25, 0.3) is 0 Å². The summed E-state index contributed by atoms with van der Waals surface area (Å²) in [4.78, 5) is 0. The Labute approximate surface area is 61.9 Å². The second kappa shape index (κ2) is 2.29. The van der Waals surface area contributed by atoms with Crippen molar-refractivity contribution in [2.45, 2.75) is 0 Å². The van der Waals surface area contributed by atoms with Crippen LogP contribution in [-0.4, -0.2) is 27.1 Å². The fourth-order valence-corrected chi connectivity index (χ4v) is 0.635. The zero-order valence-electron chi connectivity index (χ0n) is 5.31. The molecule has 10 heavy (non-hydrogen) atoms. The Morgan fingerprint density at radius 1 is 0.900 bits per heavy atom. The van der Waals surface area contributed by atoms with E-state index in [0.29, 0.717) is 10.9 Å². The van der Waals surface area contributed by atoms with E-state index in [1.54, 1.807) is 0 Å². The van der Waals surface area contributed by atoms with E-state index in [0.717, 1.165) is 0 Å². The molecule has 0 fully saturated rings. The molecule has 1 aliphatic rings. The Kier molecular flexibility index (Phi) is 1.62.